The van der Waals surface area contributed by atoms with Crippen LogP contribution in [0, 0.1) is 11.8 Å². The van der Waals surface area contributed by atoms with Gasteiger partial charge in [-0.05, 0) is 42.0 Å². The van der Waals surface area contributed by atoms with Crippen molar-refractivity contribution < 1.29 is 19.1 Å². The molecule has 0 radical (unpaired) electrons. The van der Waals surface area contributed by atoms with E-state index in [1.807, 2.05) is 30.3 Å². The topological polar surface area (TPSA) is 67.9 Å². The average molecular weight is 437 g/mol. The van der Waals surface area contributed by atoms with E-state index in [0.29, 0.717) is 28.9 Å². The molecule has 1 heterocycles. The number of nitrogens with one attached hydrogen (secondary N) is 1. The third kappa shape index (κ3) is 4.06. The average Bonchev–Trinajstić information content (AvgIpc) is 3.09. The zero-order valence-corrected chi connectivity index (χ0v) is 19.3. The van der Waals surface area contributed by atoms with Crippen molar-refractivity contribution in [3.8, 4) is 11.5 Å². The summed E-state index contributed by atoms with van der Waals surface area (Å²) in [5, 5.41) is 3.28. The van der Waals surface area contributed by atoms with Gasteiger partial charge < -0.3 is 19.7 Å². The normalized spacial score (nSPS) is 24.8. The number of fused-ring (bicyclic) bond motifs is 1. The smallest absolute Gasteiger partial charge is 0.255 e. The van der Waals surface area contributed by atoms with E-state index >= 15 is 0 Å². The van der Waals surface area contributed by atoms with Gasteiger partial charge in [0, 0.05) is 23.2 Å². The second kappa shape index (κ2) is 9.23. The number of hydrogen-bond acceptors (Lipinski definition) is 4. The van der Waals surface area contributed by atoms with Crippen LogP contribution in [0.15, 0.2) is 42.5 Å². The molecule has 0 spiro atoms. The quantitative estimate of drug-likeness (QED) is 0.731. The maximum absolute atomic E-state index is 13.6. The number of methoxy groups -OCH3 is 2. The molecule has 4 rings (SSSR count). The maximum Gasteiger partial charge on any atom is 0.255 e. The minimum Gasteiger partial charge on any atom is -0.497 e. The Hall–Kier alpha value is -3.02. The van der Waals surface area contributed by atoms with E-state index in [0.717, 1.165) is 24.0 Å². The van der Waals surface area contributed by atoms with Gasteiger partial charge in [0.15, 0.2) is 0 Å². The second-order valence-corrected chi connectivity index (χ2v) is 8.98. The van der Waals surface area contributed by atoms with Crippen molar-refractivity contribution in [3.63, 3.8) is 0 Å². The molecule has 0 unspecified atom stereocenters. The molecule has 170 valence electrons. The zero-order chi connectivity index (χ0) is 22.8. The lowest BCUT2D eigenvalue weighted by Crippen LogP contribution is -2.48. The summed E-state index contributed by atoms with van der Waals surface area (Å²) in [5.74, 6) is 2.05. The number of nitrogens with zero attached hydrogens (tertiary/aromatic N) is 1. The number of carbonyl (C=O) groups excluding carboxylic acids is 2. The Morgan fingerprint density at radius 1 is 1.09 bits per heavy atom. The molecule has 2 aromatic carbocycles. The van der Waals surface area contributed by atoms with Crippen molar-refractivity contribution in [1.29, 1.82) is 0 Å². The van der Waals surface area contributed by atoms with Gasteiger partial charge >= 0.3 is 0 Å². The van der Waals surface area contributed by atoms with Gasteiger partial charge in [-0.15, -0.1) is 0 Å². The van der Waals surface area contributed by atoms with Crippen molar-refractivity contribution in [2.75, 3.05) is 14.2 Å². The fourth-order valence-corrected chi connectivity index (χ4v) is 5.03. The van der Waals surface area contributed by atoms with Crippen LogP contribution in [0.4, 0.5) is 0 Å². The van der Waals surface area contributed by atoms with Crippen LogP contribution in [0.25, 0.3) is 0 Å². The van der Waals surface area contributed by atoms with Crippen LogP contribution in [-0.2, 0) is 11.3 Å². The van der Waals surface area contributed by atoms with Gasteiger partial charge in [-0.25, -0.2) is 0 Å². The summed E-state index contributed by atoms with van der Waals surface area (Å²) in [5.41, 5.74) is 2.18. The number of rotatable bonds is 6. The highest BCUT2D eigenvalue weighted by molar-refractivity contribution is 6.04. The first-order valence-corrected chi connectivity index (χ1v) is 11.4. The van der Waals surface area contributed by atoms with E-state index in [1.165, 1.54) is 6.42 Å². The molecule has 0 bridgehead atoms. The fourth-order valence-electron chi connectivity index (χ4n) is 5.03. The predicted octanol–water partition coefficient (Wildman–Crippen LogP) is 4.34. The highest BCUT2D eigenvalue weighted by atomic mass is 16.5. The molecule has 1 fully saturated rings. The molecule has 6 heteroatoms. The Morgan fingerprint density at radius 2 is 1.88 bits per heavy atom. The Balaban J connectivity index is 1.64. The Kier molecular flexibility index (Phi) is 6.40. The molecule has 1 N–H and O–H groups in total. The SMILES string of the molecule is COc1ccc(CN2C(=O)c3ccccc3[C@@H]2C(=O)N[C@@H]2CCC[C@H](C)[C@H]2C)c(OC)c1. The summed E-state index contributed by atoms with van der Waals surface area (Å²) in [6.07, 6.45) is 3.29. The number of amides is 2. The van der Waals surface area contributed by atoms with E-state index in [4.69, 9.17) is 9.47 Å². The van der Waals surface area contributed by atoms with Crippen LogP contribution in [0.2, 0.25) is 0 Å². The molecule has 32 heavy (non-hydrogen) atoms. The molecule has 2 aliphatic rings. The van der Waals surface area contributed by atoms with Gasteiger partial charge in [-0.3, -0.25) is 9.59 Å². The van der Waals surface area contributed by atoms with E-state index in [1.54, 1.807) is 31.3 Å². The Labute approximate surface area is 189 Å². The third-order valence-corrected chi connectivity index (χ3v) is 7.18. The summed E-state index contributed by atoms with van der Waals surface area (Å²) in [4.78, 5) is 28.6. The maximum atomic E-state index is 13.6. The molecule has 0 aromatic heterocycles. The first-order valence-electron chi connectivity index (χ1n) is 11.4. The van der Waals surface area contributed by atoms with E-state index in [-0.39, 0.29) is 24.4 Å². The molecular weight excluding hydrogens is 404 g/mol. The van der Waals surface area contributed by atoms with Crippen LogP contribution in [0.1, 0.15) is 60.6 Å². The highest BCUT2D eigenvalue weighted by Gasteiger charge is 2.42. The van der Waals surface area contributed by atoms with E-state index in [2.05, 4.69) is 19.2 Å². The van der Waals surface area contributed by atoms with Gasteiger partial charge in [0.2, 0.25) is 5.91 Å². The summed E-state index contributed by atoms with van der Waals surface area (Å²) >= 11 is 0. The fraction of sp³-hybridized carbons (Fsp3) is 0.462. The summed E-state index contributed by atoms with van der Waals surface area (Å²) in [6, 6.07) is 12.4. The molecule has 4 atom stereocenters. The summed E-state index contributed by atoms with van der Waals surface area (Å²) in [6.45, 7) is 4.73. The third-order valence-electron chi connectivity index (χ3n) is 7.18. The first-order chi connectivity index (χ1) is 15.4. The number of hydrogen-bond donors (Lipinski definition) is 1. The van der Waals surface area contributed by atoms with Gasteiger partial charge in [-0.2, -0.15) is 0 Å². The molecule has 2 aromatic rings. The lowest BCUT2D eigenvalue weighted by molar-refractivity contribution is -0.127. The largest absolute Gasteiger partial charge is 0.497 e. The lowest BCUT2D eigenvalue weighted by Gasteiger charge is -2.36. The second-order valence-electron chi connectivity index (χ2n) is 8.98. The molecule has 6 nitrogen and oxygen atoms in total. The molecule has 0 saturated heterocycles. The van der Waals surface area contributed by atoms with Crippen molar-refractivity contribution in [1.82, 2.24) is 10.2 Å². The minimum atomic E-state index is -0.657. The Morgan fingerprint density at radius 3 is 2.62 bits per heavy atom. The van der Waals surface area contributed by atoms with Gasteiger partial charge in [0.1, 0.15) is 17.5 Å². The van der Waals surface area contributed by atoms with Gasteiger partial charge in [-0.1, -0.05) is 44.9 Å². The number of benzene rings is 2. The molecule has 1 aliphatic heterocycles. The van der Waals surface area contributed by atoms with Crippen LogP contribution in [0.5, 0.6) is 11.5 Å². The standard InChI is InChI=1S/C26H32N2O4/c1-16-8-7-11-22(17(16)2)27-25(29)24-20-9-5-6-10-21(20)26(30)28(24)15-18-12-13-19(31-3)14-23(18)32-4/h5-6,9-10,12-14,16-17,22,24H,7-8,11,15H2,1-4H3,(H,27,29)/t16-,17+,22+,24+/m0/s1. The Bertz CT molecular complexity index is 1010. The van der Waals surface area contributed by atoms with Crippen LogP contribution < -0.4 is 14.8 Å². The summed E-state index contributed by atoms with van der Waals surface area (Å²) in [7, 11) is 3.19. The van der Waals surface area contributed by atoms with Crippen molar-refractivity contribution in [2.45, 2.75) is 51.7 Å². The van der Waals surface area contributed by atoms with E-state index < -0.39 is 6.04 Å². The van der Waals surface area contributed by atoms with Crippen molar-refractivity contribution >= 4 is 11.8 Å². The van der Waals surface area contributed by atoms with Crippen LogP contribution >= 0.6 is 0 Å². The lowest BCUT2D eigenvalue weighted by atomic mass is 9.78. The summed E-state index contributed by atoms with van der Waals surface area (Å²) < 4.78 is 10.8. The molecule has 1 saturated carbocycles. The van der Waals surface area contributed by atoms with Gasteiger partial charge in [0.05, 0.1) is 20.8 Å². The van der Waals surface area contributed by atoms with Crippen LogP contribution in [-0.4, -0.2) is 37.0 Å². The molecule has 1 aliphatic carbocycles. The van der Waals surface area contributed by atoms with E-state index in [9.17, 15) is 9.59 Å². The number of carbonyl (C=O) groups is 2. The monoisotopic (exact) mass is 436 g/mol. The molecular formula is C26H32N2O4. The highest BCUT2D eigenvalue weighted by Crippen LogP contribution is 2.38. The molecule has 2 amide bonds. The number of ether oxygens (including phenoxy) is 2. The minimum absolute atomic E-state index is 0.110. The zero-order valence-electron chi connectivity index (χ0n) is 19.3. The van der Waals surface area contributed by atoms with Crippen molar-refractivity contribution in [2.24, 2.45) is 11.8 Å². The van der Waals surface area contributed by atoms with Crippen molar-refractivity contribution in [3.05, 3.63) is 59.2 Å². The predicted molar refractivity (Wildman–Crippen MR) is 123 cm³/mol. The van der Waals surface area contributed by atoms with Gasteiger partial charge in [0.25, 0.3) is 5.91 Å². The van der Waals surface area contributed by atoms with Crippen LogP contribution in [0.3, 0.4) is 0 Å². The first kappa shape index (κ1) is 22.2.